The van der Waals surface area contributed by atoms with Gasteiger partial charge in [0.25, 0.3) is 11.8 Å². The Hall–Kier alpha value is -4.65. The minimum absolute atomic E-state index is 0.163. The number of nitrogens with one attached hydrogen (secondary N) is 1. The van der Waals surface area contributed by atoms with Gasteiger partial charge >= 0.3 is 6.03 Å². The maximum atomic E-state index is 13.3. The summed E-state index contributed by atoms with van der Waals surface area (Å²) >= 11 is 0. The van der Waals surface area contributed by atoms with E-state index < -0.39 is 17.8 Å². The van der Waals surface area contributed by atoms with Crippen molar-refractivity contribution in [2.75, 3.05) is 12.0 Å². The van der Waals surface area contributed by atoms with Gasteiger partial charge in [-0.2, -0.15) is 0 Å². The second-order valence-electron chi connectivity index (χ2n) is 8.96. The van der Waals surface area contributed by atoms with Gasteiger partial charge in [0.15, 0.2) is 11.5 Å². The number of barbiturate groups is 1. The van der Waals surface area contributed by atoms with Gasteiger partial charge in [-0.05, 0) is 66.8 Å². The van der Waals surface area contributed by atoms with Crippen molar-refractivity contribution in [3.05, 3.63) is 107 Å². The number of allylic oxidation sites excluding steroid dienone is 1. The molecule has 1 N–H and O–H groups in total. The summed E-state index contributed by atoms with van der Waals surface area (Å²) in [5.41, 5.74) is 4.77. The number of amides is 4. The molecule has 7 nitrogen and oxygen atoms in total. The Morgan fingerprint density at radius 1 is 1.00 bits per heavy atom. The SMILES string of the molecule is C=CCc1cc(/C=C2/C(=O)NC(=O)N(c3ccc(CC)cc3)C2=O)cc(OC)c1OCc1cccc(C)c1. The Morgan fingerprint density at radius 3 is 2.42 bits per heavy atom. The quantitative estimate of drug-likeness (QED) is 0.232. The number of hydrogen-bond donors (Lipinski definition) is 1. The normalized spacial score (nSPS) is 14.4. The molecule has 0 saturated carbocycles. The molecule has 194 valence electrons. The van der Waals surface area contributed by atoms with Gasteiger partial charge in [-0.1, -0.05) is 55.0 Å². The minimum atomic E-state index is -0.786. The minimum Gasteiger partial charge on any atom is -0.493 e. The maximum Gasteiger partial charge on any atom is 0.335 e. The summed E-state index contributed by atoms with van der Waals surface area (Å²) in [5.74, 6) is -0.448. The number of rotatable bonds is 9. The molecule has 1 heterocycles. The highest BCUT2D eigenvalue weighted by atomic mass is 16.5. The van der Waals surface area contributed by atoms with Crippen molar-refractivity contribution in [1.82, 2.24) is 5.32 Å². The number of nitrogens with zero attached hydrogens (tertiary/aromatic N) is 1. The Morgan fingerprint density at radius 2 is 1.76 bits per heavy atom. The molecule has 7 heteroatoms. The summed E-state index contributed by atoms with van der Waals surface area (Å²) in [6.07, 6.45) is 4.50. The molecular formula is C31H30N2O5. The number of carbonyl (C=O) groups excluding carboxylic acids is 3. The summed E-state index contributed by atoms with van der Waals surface area (Å²) in [4.78, 5) is 39.6. The molecule has 38 heavy (non-hydrogen) atoms. The second kappa shape index (κ2) is 11.6. The van der Waals surface area contributed by atoms with Crippen molar-refractivity contribution in [3.63, 3.8) is 0 Å². The van der Waals surface area contributed by atoms with Crippen LogP contribution in [0.2, 0.25) is 0 Å². The van der Waals surface area contributed by atoms with Gasteiger partial charge in [-0.3, -0.25) is 14.9 Å². The average Bonchev–Trinajstić information content (AvgIpc) is 2.90. The van der Waals surface area contributed by atoms with Crippen LogP contribution < -0.4 is 19.7 Å². The first-order valence-corrected chi connectivity index (χ1v) is 12.3. The number of benzene rings is 3. The monoisotopic (exact) mass is 510 g/mol. The van der Waals surface area contributed by atoms with Crippen LogP contribution in [0.1, 0.15) is 34.7 Å². The molecule has 4 amide bonds. The van der Waals surface area contributed by atoms with E-state index in [1.807, 2.05) is 50.2 Å². The zero-order valence-electron chi connectivity index (χ0n) is 21.7. The predicted octanol–water partition coefficient (Wildman–Crippen LogP) is 5.54. The molecule has 0 bridgehead atoms. The van der Waals surface area contributed by atoms with Crippen molar-refractivity contribution in [2.45, 2.75) is 33.3 Å². The number of imide groups is 2. The second-order valence-corrected chi connectivity index (χ2v) is 8.96. The first kappa shape index (κ1) is 26.4. The van der Waals surface area contributed by atoms with Crippen LogP contribution in [0.4, 0.5) is 10.5 Å². The highest BCUT2D eigenvalue weighted by Gasteiger charge is 2.36. The molecule has 0 radical (unpaired) electrons. The Bertz CT molecular complexity index is 1420. The molecule has 0 unspecified atom stereocenters. The molecule has 1 aliphatic heterocycles. The fourth-order valence-corrected chi connectivity index (χ4v) is 4.29. The summed E-state index contributed by atoms with van der Waals surface area (Å²) in [6.45, 7) is 8.22. The molecule has 0 aromatic heterocycles. The van der Waals surface area contributed by atoms with Gasteiger partial charge < -0.3 is 9.47 Å². The van der Waals surface area contributed by atoms with Crippen LogP contribution in [-0.2, 0) is 29.0 Å². The summed E-state index contributed by atoms with van der Waals surface area (Å²) in [5, 5.41) is 2.27. The van der Waals surface area contributed by atoms with E-state index in [2.05, 4.69) is 18.0 Å². The number of carbonyl (C=O) groups is 3. The standard InChI is InChI=1S/C31H30N2O5/c1-5-8-24-16-23(18-27(37-4)28(24)38-19-22-10-7-9-20(3)15-22)17-26-29(34)32-31(36)33(30(26)35)25-13-11-21(6-2)12-14-25/h5,7,9-18H,1,6,8,19H2,2-4H3,(H,32,34,36)/b26-17-. The molecule has 4 rings (SSSR count). The van der Waals surface area contributed by atoms with E-state index in [0.29, 0.717) is 35.8 Å². The van der Waals surface area contributed by atoms with Gasteiger partial charge in [-0.25, -0.2) is 9.69 Å². The summed E-state index contributed by atoms with van der Waals surface area (Å²) in [7, 11) is 1.53. The fraction of sp³-hybridized carbons (Fsp3) is 0.194. The van der Waals surface area contributed by atoms with E-state index in [0.717, 1.165) is 33.6 Å². The van der Waals surface area contributed by atoms with E-state index in [9.17, 15) is 14.4 Å². The molecular weight excluding hydrogens is 480 g/mol. The maximum absolute atomic E-state index is 13.3. The molecule has 0 spiro atoms. The van der Waals surface area contributed by atoms with E-state index >= 15 is 0 Å². The number of hydrogen-bond acceptors (Lipinski definition) is 5. The lowest BCUT2D eigenvalue weighted by atomic mass is 10.0. The van der Waals surface area contributed by atoms with Crippen LogP contribution in [-0.4, -0.2) is 25.0 Å². The topological polar surface area (TPSA) is 84.9 Å². The highest BCUT2D eigenvalue weighted by molar-refractivity contribution is 6.39. The highest BCUT2D eigenvalue weighted by Crippen LogP contribution is 2.35. The average molecular weight is 511 g/mol. The van der Waals surface area contributed by atoms with Gasteiger partial charge in [-0.15, -0.1) is 6.58 Å². The Labute approximate surface area is 222 Å². The zero-order chi connectivity index (χ0) is 27.2. The lowest BCUT2D eigenvalue weighted by molar-refractivity contribution is -0.122. The summed E-state index contributed by atoms with van der Waals surface area (Å²) in [6, 6.07) is 17.8. The van der Waals surface area contributed by atoms with Crippen molar-refractivity contribution in [3.8, 4) is 11.5 Å². The van der Waals surface area contributed by atoms with E-state index in [-0.39, 0.29) is 5.57 Å². The number of anilines is 1. The predicted molar refractivity (Wildman–Crippen MR) is 147 cm³/mol. The van der Waals surface area contributed by atoms with Crippen LogP contribution in [0.3, 0.4) is 0 Å². The first-order chi connectivity index (χ1) is 18.3. The van der Waals surface area contributed by atoms with Crippen molar-refractivity contribution < 1.29 is 23.9 Å². The largest absolute Gasteiger partial charge is 0.493 e. The Kier molecular flexibility index (Phi) is 8.06. The van der Waals surface area contributed by atoms with Crippen LogP contribution >= 0.6 is 0 Å². The smallest absolute Gasteiger partial charge is 0.335 e. The van der Waals surface area contributed by atoms with Crippen molar-refractivity contribution in [1.29, 1.82) is 0 Å². The first-order valence-electron chi connectivity index (χ1n) is 12.3. The number of methoxy groups -OCH3 is 1. The van der Waals surface area contributed by atoms with Gasteiger partial charge in [0.05, 0.1) is 12.8 Å². The molecule has 1 fully saturated rings. The van der Waals surface area contributed by atoms with Crippen LogP contribution in [0.5, 0.6) is 11.5 Å². The van der Waals surface area contributed by atoms with Crippen molar-refractivity contribution >= 4 is 29.6 Å². The van der Waals surface area contributed by atoms with Gasteiger partial charge in [0, 0.05) is 5.56 Å². The van der Waals surface area contributed by atoms with Crippen LogP contribution in [0, 0.1) is 6.92 Å². The lowest BCUT2D eigenvalue weighted by Crippen LogP contribution is -2.54. The third-order valence-corrected chi connectivity index (χ3v) is 6.22. The van der Waals surface area contributed by atoms with Gasteiger partial charge in [0.1, 0.15) is 12.2 Å². The van der Waals surface area contributed by atoms with E-state index in [1.54, 1.807) is 24.3 Å². The molecule has 1 aliphatic rings. The van der Waals surface area contributed by atoms with Crippen LogP contribution in [0.15, 0.2) is 78.9 Å². The third kappa shape index (κ3) is 5.67. The molecule has 0 aliphatic carbocycles. The third-order valence-electron chi connectivity index (χ3n) is 6.22. The van der Waals surface area contributed by atoms with Crippen molar-refractivity contribution in [2.24, 2.45) is 0 Å². The van der Waals surface area contributed by atoms with Gasteiger partial charge in [0.2, 0.25) is 0 Å². The van der Waals surface area contributed by atoms with Crippen LogP contribution in [0.25, 0.3) is 6.08 Å². The van der Waals surface area contributed by atoms with E-state index in [4.69, 9.17) is 9.47 Å². The number of urea groups is 1. The number of ether oxygens (including phenoxy) is 2. The molecule has 1 saturated heterocycles. The Balaban J connectivity index is 1.68. The summed E-state index contributed by atoms with van der Waals surface area (Å²) < 4.78 is 11.8. The number of aryl methyl sites for hydroxylation is 2. The zero-order valence-corrected chi connectivity index (χ0v) is 21.7. The molecule has 0 atom stereocenters. The molecule has 3 aromatic rings. The lowest BCUT2D eigenvalue weighted by Gasteiger charge is -2.26. The van der Waals surface area contributed by atoms with E-state index in [1.165, 1.54) is 13.2 Å². The molecule has 3 aromatic carbocycles. The fourth-order valence-electron chi connectivity index (χ4n) is 4.29.